The van der Waals surface area contributed by atoms with Crippen molar-refractivity contribution in [2.75, 3.05) is 19.8 Å². The minimum atomic E-state index is -0.612. The number of halogens is 1. The number of aliphatic hydroxyl groups is 2. The molecule has 1 heterocycles. The van der Waals surface area contributed by atoms with E-state index in [4.69, 9.17) is 5.11 Å². The van der Waals surface area contributed by atoms with Gasteiger partial charge in [-0.2, -0.15) is 0 Å². The van der Waals surface area contributed by atoms with Crippen molar-refractivity contribution in [1.82, 2.24) is 4.90 Å². The smallest absolute Gasteiger partial charge is 0.257 e. The van der Waals surface area contributed by atoms with Crippen molar-refractivity contribution in [1.29, 1.82) is 0 Å². The fourth-order valence-corrected chi connectivity index (χ4v) is 2.43. The van der Waals surface area contributed by atoms with Crippen molar-refractivity contribution in [2.24, 2.45) is 0 Å². The molecule has 5 heteroatoms. The molecule has 0 spiro atoms. The minimum absolute atomic E-state index is 0.00283. The van der Waals surface area contributed by atoms with Gasteiger partial charge in [0.1, 0.15) is 5.82 Å². The van der Waals surface area contributed by atoms with Crippen LogP contribution in [0.25, 0.3) is 0 Å². The molecule has 4 nitrogen and oxygen atoms in total. The quantitative estimate of drug-likeness (QED) is 0.822. The molecule has 0 aromatic heterocycles. The molecule has 1 unspecified atom stereocenters. The van der Waals surface area contributed by atoms with Crippen LogP contribution in [0.5, 0.6) is 0 Å². The average Bonchev–Trinajstić information content (AvgIpc) is 2.95. The number of hydrogen-bond acceptors (Lipinski definition) is 3. The molecule has 1 amide bonds. The van der Waals surface area contributed by atoms with E-state index in [0.29, 0.717) is 18.5 Å². The lowest BCUT2D eigenvalue weighted by Gasteiger charge is -2.23. The average molecular weight is 291 g/mol. The summed E-state index contributed by atoms with van der Waals surface area (Å²) in [5, 5.41) is 17.9. The van der Waals surface area contributed by atoms with Gasteiger partial charge in [0, 0.05) is 18.5 Å². The molecule has 1 atom stereocenters. The second-order valence-electron chi connectivity index (χ2n) is 4.95. The number of rotatable bonds is 3. The monoisotopic (exact) mass is 291 g/mol. The van der Waals surface area contributed by atoms with Crippen molar-refractivity contribution in [3.63, 3.8) is 0 Å². The van der Waals surface area contributed by atoms with Crippen molar-refractivity contribution < 1.29 is 19.4 Å². The molecule has 1 aromatic carbocycles. The van der Waals surface area contributed by atoms with Gasteiger partial charge in [-0.3, -0.25) is 4.79 Å². The highest BCUT2D eigenvalue weighted by atomic mass is 19.1. The second-order valence-corrected chi connectivity index (χ2v) is 4.95. The standard InChI is InChI=1S/C16H18FNO3/c17-15-10-12(4-1-2-9-19)6-7-14(15)16(21)18-8-3-5-13(18)11-20/h6-7,10,13,19-20H,2-3,5,8-9,11H2. The molecule has 1 fully saturated rings. The number of carbonyl (C=O) groups is 1. The van der Waals surface area contributed by atoms with Gasteiger partial charge in [0.05, 0.1) is 24.8 Å². The summed E-state index contributed by atoms with van der Waals surface area (Å²) in [6.07, 6.45) is 1.89. The molecular weight excluding hydrogens is 273 g/mol. The molecule has 1 aliphatic heterocycles. The summed E-state index contributed by atoms with van der Waals surface area (Å²) in [4.78, 5) is 13.8. The van der Waals surface area contributed by atoms with Gasteiger partial charge in [0.2, 0.25) is 0 Å². The first-order valence-corrected chi connectivity index (χ1v) is 6.98. The largest absolute Gasteiger partial charge is 0.395 e. The SMILES string of the molecule is O=C(c1ccc(C#CCCO)cc1F)N1CCCC1CO. The Labute approximate surface area is 123 Å². The third-order valence-electron chi connectivity index (χ3n) is 3.52. The third kappa shape index (κ3) is 3.60. The predicted molar refractivity (Wildman–Crippen MR) is 76.1 cm³/mol. The molecule has 112 valence electrons. The Bertz CT molecular complexity index is 577. The number of carbonyl (C=O) groups excluding carboxylic acids is 1. The lowest BCUT2D eigenvalue weighted by molar-refractivity contribution is 0.0673. The molecule has 1 aliphatic rings. The molecule has 0 radical (unpaired) electrons. The minimum Gasteiger partial charge on any atom is -0.395 e. The fraction of sp³-hybridized carbons (Fsp3) is 0.438. The van der Waals surface area contributed by atoms with Crippen LogP contribution in [0.1, 0.15) is 35.2 Å². The Hall–Kier alpha value is -1.90. The number of aliphatic hydroxyl groups excluding tert-OH is 2. The van der Waals surface area contributed by atoms with Gasteiger partial charge in [0.15, 0.2) is 0 Å². The second kappa shape index (κ2) is 7.21. The van der Waals surface area contributed by atoms with E-state index in [1.807, 2.05) is 0 Å². The van der Waals surface area contributed by atoms with Gasteiger partial charge in [-0.15, -0.1) is 0 Å². The van der Waals surface area contributed by atoms with Crippen LogP contribution in [0.15, 0.2) is 18.2 Å². The summed E-state index contributed by atoms with van der Waals surface area (Å²) in [6, 6.07) is 4.01. The zero-order valence-electron chi connectivity index (χ0n) is 11.7. The van der Waals surface area contributed by atoms with Crippen molar-refractivity contribution >= 4 is 5.91 Å². The summed E-state index contributed by atoms with van der Waals surface area (Å²) < 4.78 is 14.1. The van der Waals surface area contributed by atoms with Gasteiger partial charge in [-0.25, -0.2) is 4.39 Å². The van der Waals surface area contributed by atoms with Crippen LogP contribution in [-0.2, 0) is 0 Å². The van der Waals surface area contributed by atoms with Gasteiger partial charge in [-0.05, 0) is 31.0 Å². The maximum atomic E-state index is 14.1. The summed E-state index contributed by atoms with van der Waals surface area (Å²) in [7, 11) is 0. The Morgan fingerprint density at radius 3 is 2.90 bits per heavy atom. The summed E-state index contributed by atoms with van der Waals surface area (Å²) in [6.45, 7) is 0.406. The van der Waals surface area contributed by atoms with Crippen molar-refractivity contribution in [3.8, 4) is 11.8 Å². The van der Waals surface area contributed by atoms with E-state index >= 15 is 0 Å². The Morgan fingerprint density at radius 1 is 1.43 bits per heavy atom. The molecule has 1 saturated heterocycles. The number of likely N-dealkylation sites (tertiary alicyclic amines) is 1. The molecule has 21 heavy (non-hydrogen) atoms. The Kier molecular flexibility index (Phi) is 5.32. The summed E-state index contributed by atoms with van der Waals surface area (Å²) in [5.74, 6) is 4.43. The molecule has 0 bridgehead atoms. The van der Waals surface area contributed by atoms with Gasteiger partial charge < -0.3 is 15.1 Å². The predicted octanol–water partition coefficient (Wildman–Crippen LogP) is 1.16. The molecule has 0 aliphatic carbocycles. The van der Waals surface area contributed by atoms with Crippen LogP contribution in [0, 0.1) is 17.7 Å². The molecule has 1 aromatic rings. The van der Waals surface area contributed by atoms with Gasteiger partial charge in [-0.1, -0.05) is 11.8 Å². The van der Waals surface area contributed by atoms with E-state index in [1.54, 1.807) is 6.07 Å². The van der Waals surface area contributed by atoms with Crippen LogP contribution < -0.4 is 0 Å². The van der Waals surface area contributed by atoms with Gasteiger partial charge in [0.25, 0.3) is 5.91 Å². The van der Waals surface area contributed by atoms with E-state index < -0.39 is 5.82 Å². The molecule has 0 saturated carbocycles. The van der Waals surface area contributed by atoms with E-state index in [0.717, 1.165) is 12.8 Å². The Morgan fingerprint density at radius 2 is 2.24 bits per heavy atom. The van der Waals surface area contributed by atoms with Gasteiger partial charge >= 0.3 is 0 Å². The molecular formula is C16H18FNO3. The van der Waals surface area contributed by atoms with E-state index in [2.05, 4.69) is 11.8 Å². The van der Waals surface area contributed by atoms with Crippen molar-refractivity contribution in [2.45, 2.75) is 25.3 Å². The zero-order valence-corrected chi connectivity index (χ0v) is 11.7. The van der Waals surface area contributed by atoms with E-state index in [1.165, 1.54) is 17.0 Å². The lowest BCUT2D eigenvalue weighted by Crippen LogP contribution is -2.38. The van der Waals surface area contributed by atoms with Crippen LogP contribution in [0.2, 0.25) is 0 Å². The van der Waals surface area contributed by atoms with Crippen LogP contribution in [0.3, 0.4) is 0 Å². The third-order valence-corrected chi connectivity index (χ3v) is 3.52. The highest BCUT2D eigenvalue weighted by Gasteiger charge is 2.30. The fourth-order valence-electron chi connectivity index (χ4n) is 2.43. The number of amides is 1. The maximum absolute atomic E-state index is 14.1. The van der Waals surface area contributed by atoms with Crippen LogP contribution in [-0.4, -0.2) is 46.8 Å². The summed E-state index contributed by atoms with van der Waals surface area (Å²) in [5.41, 5.74) is 0.473. The van der Waals surface area contributed by atoms with E-state index in [9.17, 15) is 14.3 Å². The maximum Gasteiger partial charge on any atom is 0.257 e. The van der Waals surface area contributed by atoms with Crippen molar-refractivity contribution in [3.05, 3.63) is 35.1 Å². The highest BCUT2D eigenvalue weighted by molar-refractivity contribution is 5.95. The lowest BCUT2D eigenvalue weighted by atomic mass is 10.1. The van der Waals surface area contributed by atoms with Crippen LogP contribution in [0.4, 0.5) is 4.39 Å². The number of nitrogens with zero attached hydrogens (tertiary/aromatic N) is 1. The number of hydrogen-bond donors (Lipinski definition) is 2. The highest BCUT2D eigenvalue weighted by Crippen LogP contribution is 2.21. The Balaban J connectivity index is 2.17. The first kappa shape index (κ1) is 15.5. The molecule has 2 N–H and O–H groups in total. The normalized spacial score (nSPS) is 17.5. The first-order valence-electron chi connectivity index (χ1n) is 6.98. The van der Waals surface area contributed by atoms with Crippen LogP contribution >= 0.6 is 0 Å². The topological polar surface area (TPSA) is 60.8 Å². The first-order chi connectivity index (χ1) is 10.2. The number of benzene rings is 1. The summed E-state index contributed by atoms with van der Waals surface area (Å²) >= 11 is 0. The van der Waals surface area contributed by atoms with E-state index in [-0.39, 0.29) is 30.7 Å². The zero-order chi connectivity index (χ0) is 15.2. The molecule has 2 rings (SSSR count).